The molecule has 2 heterocycles. The number of hydrogen-bond acceptors (Lipinski definition) is 5. The summed E-state index contributed by atoms with van der Waals surface area (Å²) in [6.07, 6.45) is 0.395. The van der Waals surface area contributed by atoms with E-state index in [1.54, 1.807) is 19.1 Å². The van der Waals surface area contributed by atoms with Crippen LogP contribution in [0.15, 0.2) is 39.6 Å². The minimum atomic E-state index is -0.407. The molecule has 0 saturated carbocycles. The van der Waals surface area contributed by atoms with Gasteiger partial charge >= 0.3 is 0 Å². The summed E-state index contributed by atoms with van der Waals surface area (Å²) >= 11 is 0. The first kappa shape index (κ1) is 18.4. The maximum atomic E-state index is 12.2. The van der Waals surface area contributed by atoms with E-state index in [9.17, 15) is 14.4 Å². The molecule has 0 bridgehead atoms. The Kier molecular flexibility index (Phi) is 5.35. The highest BCUT2D eigenvalue weighted by Gasteiger charge is 2.10. The van der Waals surface area contributed by atoms with E-state index in [4.69, 9.17) is 4.52 Å². The fourth-order valence-electron chi connectivity index (χ4n) is 2.67. The summed E-state index contributed by atoms with van der Waals surface area (Å²) in [5.41, 5.74) is 2.15. The van der Waals surface area contributed by atoms with E-state index in [-0.39, 0.29) is 30.9 Å². The van der Waals surface area contributed by atoms with Crippen LogP contribution < -0.4 is 16.2 Å². The van der Waals surface area contributed by atoms with Crippen LogP contribution in [-0.2, 0) is 16.0 Å². The van der Waals surface area contributed by atoms with E-state index in [1.807, 2.05) is 25.1 Å². The van der Waals surface area contributed by atoms with Gasteiger partial charge in [-0.1, -0.05) is 17.3 Å². The van der Waals surface area contributed by atoms with Crippen molar-refractivity contribution in [3.63, 3.8) is 0 Å². The number of nitrogens with zero attached hydrogens (tertiary/aromatic N) is 1. The number of rotatable bonds is 6. The molecule has 0 saturated heterocycles. The fraction of sp³-hybridized carbons (Fsp3) is 0.263. The number of nitrogens with one attached hydrogen (secondary N) is 3. The van der Waals surface area contributed by atoms with Crippen LogP contribution in [0.25, 0.3) is 10.9 Å². The molecule has 3 rings (SSSR count). The number of hydrogen-bond donors (Lipinski definition) is 3. The number of carbonyl (C=O) groups is 2. The molecule has 0 aliphatic heterocycles. The van der Waals surface area contributed by atoms with Gasteiger partial charge in [0.25, 0.3) is 5.56 Å². The van der Waals surface area contributed by atoms with E-state index in [2.05, 4.69) is 20.8 Å². The number of amides is 2. The van der Waals surface area contributed by atoms with Crippen molar-refractivity contribution in [2.24, 2.45) is 0 Å². The first-order chi connectivity index (χ1) is 12.9. The molecule has 2 aromatic heterocycles. The molecule has 0 unspecified atom stereocenters. The molecule has 0 spiro atoms. The average Bonchev–Trinajstić information content (AvgIpc) is 3.03. The van der Waals surface area contributed by atoms with Crippen molar-refractivity contribution in [2.45, 2.75) is 26.7 Å². The summed E-state index contributed by atoms with van der Waals surface area (Å²) in [5.74, 6) is 0.148. The molecule has 0 aliphatic carbocycles. The zero-order valence-electron chi connectivity index (χ0n) is 15.1. The first-order valence-corrected chi connectivity index (χ1v) is 8.53. The molecule has 3 N–H and O–H groups in total. The van der Waals surface area contributed by atoms with Crippen LogP contribution in [0.2, 0.25) is 0 Å². The molecular weight excluding hydrogens is 348 g/mol. The summed E-state index contributed by atoms with van der Waals surface area (Å²) in [7, 11) is 0. The third kappa shape index (κ3) is 4.81. The highest BCUT2D eigenvalue weighted by molar-refractivity contribution is 5.93. The normalized spacial score (nSPS) is 10.7. The quantitative estimate of drug-likeness (QED) is 0.613. The van der Waals surface area contributed by atoms with Gasteiger partial charge in [-0.2, -0.15) is 0 Å². The van der Waals surface area contributed by atoms with Crippen LogP contribution in [0, 0.1) is 13.8 Å². The highest BCUT2D eigenvalue weighted by Crippen LogP contribution is 2.13. The second-order valence-electron chi connectivity index (χ2n) is 6.36. The van der Waals surface area contributed by atoms with Gasteiger partial charge in [-0.15, -0.1) is 0 Å². The topological polar surface area (TPSA) is 117 Å². The Labute approximate surface area is 154 Å². The number of H-pyrrole nitrogens is 1. The van der Waals surface area contributed by atoms with E-state index in [1.165, 1.54) is 0 Å². The summed E-state index contributed by atoms with van der Waals surface area (Å²) < 4.78 is 4.84. The van der Waals surface area contributed by atoms with Crippen molar-refractivity contribution in [1.29, 1.82) is 0 Å². The smallest absolute Gasteiger partial charge is 0.251 e. The molecular formula is C19H20N4O4. The Balaban J connectivity index is 1.52. The average molecular weight is 368 g/mol. The third-order valence-corrected chi connectivity index (χ3v) is 4.04. The van der Waals surface area contributed by atoms with Gasteiger partial charge in [-0.05, 0) is 43.4 Å². The zero-order chi connectivity index (χ0) is 19.4. The van der Waals surface area contributed by atoms with Gasteiger partial charge in [0, 0.05) is 23.6 Å². The lowest BCUT2D eigenvalue weighted by Crippen LogP contribution is -2.33. The van der Waals surface area contributed by atoms with Crippen molar-refractivity contribution in [3.05, 3.63) is 57.6 Å². The Bertz CT molecular complexity index is 1050. The lowest BCUT2D eigenvalue weighted by atomic mass is 10.1. The highest BCUT2D eigenvalue weighted by atomic mass is 16.5. The summed E-state index contributed by atoms with van der Waals surface area (Å²) in [5, 5.41) is 9.59. The Morgan fingerprint density at radius 3 is 2.70 bits per heavy atom. The second kappa shape index (κ2) is 7.86. The van der Waals surface area contributed by atoms with Gasteiger partial charge in [0.05, 0.1) is 6.54 Å². The van der Waals surface area contributed by atoms with Gasteiger partial charge in [0.15, 0.2) is 5.82 Å². The molecule has 8 nitrogen and oxygen atoms in total. The number of pyridine rings is 1. The maximum Gasteiger partial charge on any atom is 0.251 e. The Morgan fingerprint density at radius 1 is 1.15 bits per heavy atom. The van der Waals surface area contributed by atoms with E-state index < -0.39 is 5.91 Å². The van der Waals surface area contributed by atoms with Crippen LogP contribution in [0.4, 0.5) is 5.82 Å². The zero-order valence-corrected chi connectivity index (χ0v) is 15.1. The van der Waals surface area contributed by atoms with Gasteiger partial charge in [-0.25, -0.2) is 0 Å². The van der Waals surface area contributed by atoms with E-state index in [0.29, 0.717) is 17.1 Å². The van der Waals surface area contributed by atoms with Crippen molar-refractivity contribution >= 4 is 28.5 Å². The molecule has 0 atom stereocenters. The van der Waals surface area contributed by atoms with Crippen LogP contribution >= 0.6 is 0 Å². The van der Waals surface area contributed by atoms with Crippen LogP contribution in [0.1, 0.15) is 23.3 Å². The fourth-order valence-corrected chi connectivity index (χ4v) is 2.67. The van der Waals surface area contributed by atoms with Gasteiger partial charge < -0.3 is 20.1 Å². The Hall–Kier alpha value is -3.42. The SMILES string of the molecule is Cc1ccc2cc(CCC(=O)NCC(=O)Nc3cc(C)on3)c(=O)[nH]c2c1. The number of aromatic amines is 1. The van der Waals surface area contributed by atoms with Crippen molar-refractivity contribution in [3.8, 4) is 0 Å². The number of anilines is 1. The molecule has 3 aromatic rings. The largest absolute Gasteiger partial charge is 0.360 e. The monoisotopic (exact) mass is 368 g/mol. The maximum absolute atomic E-state index is 12.2. The molecule has 0 radical (unpaired) electrons. The van der Waals surface area contributed by atoms with Crippen LogP contribution in [-0.4, -0.2) is 28.5 Å². The van der Waals surface area contributed by atoms with Crippen molar-refractivity contribution in [2.75, 3.05) is 11.9 Å². The van der Waals surface area contributed by atoms with E-state index >= 15 is 0 Å². The molecule has 0 aliphatic rings. The van der Waals surface area contributed by atoms with Crippen molar-refractivity contribution < 1.29 is 14.1 Å². The number of benzene rings is 1. The lowest BCUT2D eigenvalue weighted by molar-refractivity contribution is -0.124. The standard InChI is InChI=1S/C19H20N4O4/c1-11-3-4-13-9-14(19(26)21-15(13)7-11)5-6-17(24)20-10-18(25)22-16-8-12(2)27-23-16/h3-4,7-9H,5-6,10H2,1-2H3,(H,20,24)(H,21,26)(H,22,23,25). The number of aryl methyl sites for hydroxylation is 3. The number of aromatic nitrogens is 2. The molecule has 8 heteroatoms. The van der Waals surface area contributed by atoms with Gasteiger partial charge in [0.2, 0.25) is 11.8 Å². The summed E-state index contributed by atoms with van der Waals surface area (Å²) in [6.45, 7) is 3.48. The lowest BCUT2D eigenvalue weighted by Gasteiger charge is -2.06. The first-order valence-electron chi connectivity index (χ1n) is 8.53. The van der Waals surface area contributed by atoms with Crippen molar-refractivity contribution in [1.82, 2.24) is 15.5 Å². The predicted molar refractivity (Wildman–Crippen MR) is 101 cm³/mol. The third-order valence-electron chi connectivity index (χ3n) is 4.04. The van der Waals surface area contributed by atoms with Gasteiger partial charge in [0.1, 0.15) is 5.76 Å². The van der Waals surface area contributed by atoms with Crippen LogP contribution in [0.5, 0.6) is 0 Å². The Morgan fingerprint density at radius 2 is 1.96 bits per heavy atom. The summed E-state index contributed by atoms with van der Waals surface area (Å²) in [6, 6.07) is 9.17. The van der Waals surface area contributed by atoms with Gasteiger partial charge in [-0.3, -0.25) is 14.4 Å². The molecule has 140 valence electrons. The van der Waals surface area contributed by atoms with E-state index in [0.717, 1.165) is 16.5 Å². The minimum absolute atomic E-state index is 0.108. The number of carbonyl (C=O) groups excluding carboxylic acids is 2. The predicted octanol–water partition coefficient (Wildman–Crippen LogP) is 1.82. The molecule has 2 amide bonds. The van der Waals surface area contributed by atoms with Crippen LogP contribution in [0.3, 0.4) is 0 Å². The molecule has 27 heavy (non-hydrogen) atoms. The summed E-state index contributed by atoms with van der Waals surface area (Å²) in [4.78, 5) is 38.7. The second-order valence-corrected chi connectivity index (χ2v) is 6.36. The number of fused-ring (bicyclic) bond motifs is 1. The molecule has 1 aromatic carbocycles. The minimum Gasteiger partial charge on any atom is -0.360 e. The molecule has 0 fully saturated rings.